The van der Waals surface area contributed by atoms with Crippen LogP contribution in [0.15, 0.2) is 36.1 Å². The minimum absolute atomic E-state index is 0.156. The molecule has 3 N–H and O–H groups in total. The topological polar surface area (TPSA) is 72.5 Å². The Hall–Kier alpha value is -1.99. The molecule has 1 atom stereocenters. The number of rotatable bonds is 7. The average Bonchev–Trinajstić information content (AvgIpc) is 2.31. The van der Waals surface area contributed by atoms with Gasteiger partial charge in [0.25, 0.3) is 0 Å². The van der Waals surface area contributed by atoms with Crippen LogP contribution in [0.1, 0.15) is 13.3 Å². The van der Waals surface area contributed by atoms with Crippen molar-refractivity contribution in [3.63, 3.8) is 0 Å². The number of hydrogen-bond donors (Lipinski definition) is 2. The van der Waals surface area contributed by atoms with Gasteiger partial charge in [-0.3, -0.25) is 4.79 Å². The Balaban J connectivity index is 4.33. The summed E-state index contributed by atoms with van der Waals surface area (Å²) in [6, 6.07) is -0.911. The number of allylic oxidation sites excluding steroid dienone is 3. The molecule has 0 aliphatic rings. The van der Waals surface area contributed by atoms with E-state index in [-0.39, 0.29) is 13.0 Å². The van der Waals surface area contributed by atoms with E-state index in [4.69, 9.17) is 22.0 Å². The molecule has 0 radical (unpaired) electrons. The van der Waals surface area contributed by atoms with E-state index in [1.54, 1.807) is 25.2 Å². The van der Waals surface area contributed by atoms with E-state index in [0.29, 0.717) is 5.76 Å². The highest BCUT2D eigenvalue weighted by atomic mass is 16.5. The van der Waals surface area contributed by atoms with Gasteiger partial charge in [-0.05, 0) is 19.4 Å². The van der Waals surface area contributed by atoms with Crippen LogP contribution in [-0.4, -0.2) is 23.7 Å². The summed E-state index contributed by atoms with van der Waals surface area (Å²) in [5.41, 5.74) is 6.22. The highest BCUT2D eigenvalue weighted by Gasteiger charge is 2.11. The first-order valence-corrected chi connectivity index (χ1v) is 5.08. The Morgan fingerprint density at radius 3 is 2.76 bits per heavy atom. The zero-order chi connectivity index (χ0) is 13.3. The van der Waals surface area contributed by atoms with Gasteiger partial charge in [-0.15, -0.1) is 6.42 Å². The van der Waals surface area contributed by atoms with Crippen molar-refractivity contribution in [2.24, 2.45) is 5.73 Å². The third-order valence-electron chi connectivity index (χ3n) is 1.97. The van der Waals surface area contributed by atoms with Crippen molar-refractivity contribution in [1.29, 1.82) is 0 Å². The summed E-state index contributed by atoms with van der Waals surface area (Å²) < 4.78 is 5.05. The van der Waals surface area contributed by atoms with E-state index in [0.717, 1.165) is 5.57 Å². The van der Waals surface area contributed by atoms with Crippen LogP contribution in [0.3, 0.4) is 0 Å². The highest BCUT2D eigenvalue weighted by molar-refractivity contribution is 5.73. The molecule has 0 bridgehead atoms. The molecule has 0 aromatic heterocycles. The van der Waals surface area contributed by atoms with Crippen molar-refractivity contribution in [2.75, 3.05) is 6.61 Å². The maximum absolute atomic E-state index is 10.6. The first-order chi connectivity index (χ1) is 8.01. The van der Waals surface area contributed by atoms with Crippen LogP contribution >= 0.6 is 0 Å². The van der Waals surface area contributed by atoms with Gasteiger partial charge in [0, 0.05) is 0 Å². The Morgan fingerprint density at radius 1 is 1.65 bits per heavy atom. The first kappa shape index (κ1) is 15.0. The van der Waals surface area contributed by atoms with Crippen molar-refractivity contribution in [3.8, 4) is 12.3 Å². The van der Waals surface area contributed by atoms with E-state index in [2.05, 4.69) is 12.5 Å². The van der Waals surface area contributed by atoms with Crippen LogP contribution in [0.4, 0.5) is 0 Å². The molecule has 0 rings (SSSR count). The Bertz CT molecular complexity index is 375. The molecule has 17 heavy (non-hydrogen) atoms. The second-order valence-corrected chi connectivity index (χ2v) is 3.30. The average molecular weight is 235 g/mol. The quantitative estimate of drug-likeness (QED) is 0.398. The molecule has 0 fully saturated rings. The SMILES string of the molecule is C#CCOC(=C)/C=C\C(=C/C)CC(N)C(=O)O. The number of terminal acetylenes is 1. The summed E-state index contributed by atoms with van der Waals surface area (Å²) in [6.45, 7) is 5.59. The van der Waals surface area contributed by atoms with Crippen LogP contribution < -0.4 is 5.73 Å². The standard InChI is InChI=1S/C13H17NO3/c1-4-8-17-10(3)6-7-11(5-2)9-12(14)13(15)16/h1,5-7,12H,3,8-9,14H2,2H3,(H,15,16)/b7-6-,11-5+. The molecular weight excluding hydrogens is 218 g/mol. The normalized spacial score (nSPS) is 13.1. The van der Waals surface area contributed by atoms with Gasteiger partial charge in [0.05, 0.1) is 0 Å². The molecule has 4 heteroatoms. The van der Waals surface area contributed by atoms with Crippen molar-refractivity contribution in [3.05, 3.63) is 36.1 Å². The van der Waals surface area contributed by atoms with Gasteiger partial charge in [-0.2, -0.15) is 0 Å². The number of aliphatic carboxylic acids is 1. The number of ether oxygens (including phenoxy) is 1. The van der Waals surface area contributed by atoms with Crippen molar-refractivity contribution < 1.29 is 14.6 Å². The predicted molar refractivity (Wildman–Crippen MR) is 67.1 cm³/mol. The Morgan fingerprint density at radius 2 is 2.29 bits per heavy atom. The smallest absolute Gasteiger partial charge is 0.320 e. The van der Waals surface area contributed by atoms with Crippen LogP contribution in [-0.2, 0) is 9.53 Å². The molecule has 1 unspecified atom stereocenters. The third kappa shape index (κ3) is 6.98. The molecule has 0 saturated carbocycles. The van der Waals surface area contributed by atoms with Crippen molar-refractivity contribution in [2.45, 2.75) is 19.4 Å². The van der Waals surface area contributed by atoms with Gasteiger partial charge in [0.2, 0.25) is 0 Å². The lowest BCUT2D eigenvalue weighted by atomic mass is 10.1. The summed E-state index contributed by atoms with van der Waals surface area (Å²) in [4.78, 5) is 10.6. The minimum Gasteiger partial charge on any atom is -0.482 e. The third-order valence-corrected chi connectivity index (χ3v) is 1.97. The molecule has 4 nitrogen and oxygen atoms in total. The molecule has 0 heterocycles. The highest BCUT2D eigenvalue weighted by Crippen LogP contribution is 2.08. The van der Waals surface area contributed by atoms with Crippen LogP contribution in [0.2, 0.25) is 0 Å². The lowest BCUT2D eigenvalue weighted by Gasteiger charge is -2.07. The molecule has 0 amide bonds. The molecule has 0 saturated heterocycles. The molecule has 0 aliphatic carbocycles. The van der Waals surface area contributed by atoms with E-state index in [9.17, 15) is 4.79 Å². The monoisotopic (exact) mass is 235 g/mol. The maximum Gasteiger partial charge on any atom is 0.320 e. The second-order valence-electron chi connectivity index (χ2n) is 3.30. The summed E-state index contributed by atoms with van der Waals surface area (Å²) in [7, 11) is 0. The van der Waals surface area contributed by atoms with Crippen LogP contribution in [0.5, 0.6) is 0 Å². The second kappa shape index (κ2) is 8.20. The van der Waals surface area contributed by atoms with E-state index >= 15 is 0 Å². The number of carboxylic acid groups (broad SMARTS) is 1. The van der Waals surface area contributed by atoms with Gasteiger partial charge >= 0.3 is 5.97 Å². The van der Waals surface area contributed by atoms with Crippen molar-refractivity contribution >= 4 is 5.97 Å². The predicted octanol–water partition coefficient (Wildman–Crippen LogP) is 1.45. The molecule has 0 aliphatic heterocycles. The van der Waals surface area contributed by atoms with Crippen molar-refractivity contribution in [1.82, 2.24) is 0 Å². The fraction of sp³-hybridized carbons (Fsp3) is 0.308. The first-order valence-electron chi connectivity index (χ1n) is 5.08. The number of carboxylic acids is 1. The fourth-order valence-corrected chi connectivity index (χ4v) is 1.01. The van der Waals surface area contributed by atoms with E-state index in [1.807, 2.05) is 0 Å². The number of carbonyl (C=O) groups is 1. The zero-order valence-corrected chi connectivity index (χ0v) is 9.85. The summed E-state index contributed by atoms with van der Waals surface area (Å²) in [5.74, 6) is 1.71. The molecule has 0 aromatic carbocycles. The van der Waals surface area contributed by atoms with Gasteiger partial charge < -0.3 is 15.6 Å². The summed E-state index contributed by atoms with van der Waals surface area (Å²) in [5, 5.41) is 8.68. The lowest BCUT2D eigenvalue weighted by molar-refractivity contribution is -0.138. The summed E-state index contributed by atoms with van der Waals surface area (Å²) in [6.07, 6.45) is 10.4. The molecule has 0 aromatic rings. The number of hydrogen-bond acceptors (Lipinski definition) is 3. The molecular formula is C13H17NO3. The fourth-order valence-electron chi connectivity index (χ4n) is 1.01. The number of nitrogens with two attached hydrogens (primary N) is 1. The Kier molecular flexibility index (Phi) is 7.24. The van der Waals surface area contributed by atoms with Gasteiger partial charge in [0.1, 0.15) is 18.4 Å². The minimum atomic E-state index is -1.03. The summed E-state index contributed by atoms with van der Waals surface area (Å²) >= 11 is 0. The molecule has 92 valence electrons. The molecule has 0 spiro atoms. The zero-order valence-electron chi connectivity index (χ0n) is 9.85. The van der Waals surface area contributed by atoms with Gasteiger partial charge in [-0.1, -0.05) is 30.2 Å². The van der Waals surface area contributed by atoms with Gasteiger partial charge in [0.15, 0.2) is 0 Å². The van der Waals surface area contributed by atoms with Gasteiger partial charge in [-0.25, -0.2) is 0 Å². The lowest BCUT2D eigenvalue weighted by Crippen LogP contribution is -2.30. The maximum atomic E-state index is 10.6. The Labute approximate surface area is 101 Å². The van der Waals surface area contributed by atoms with Crippen LogP contribution in [0.25, 0.3) is 0 Å². The largest absolute Gasteiger partial charge is 0.482 e. The van der Waals surface area contributed by atoms with E-state index < -0.39 is 12.0 Å². The van der Waals surface area contributed by atoms with Crippen LogP contribution in [0, 0.1) is 12.3 Å². The van der Waals surface area contributed by atoms with E-state index in [1.165, 1.54) is 0 Å².